The zero-order valence-corrected chi connectivity index (χ0v) is 10.3. The topological polar surface area (TPSA) is 75.4 Å². The molecule has 1 unspecified atom stereocenters. The molecule has 6 heteroatoms. The number of aliphatic hydroxyl groups excluding tert-OH is 1. The molecule has 1 aromatic carbocycles. The molecule has 0 fully saturated rings. The van der Waals surface area contributed by atoms with Gasteiger partial charge in [-0.15, -0.1) is 0 Å². The van der Waals surface area contributed by atoms with E-state index in [-0.39, 0.29) is 17.8 Å². The molecule has 1 atom stereocenters. The molecule has 1 amide bonds. The van der Waals surface area contributed by atoms with Gasteiger partial charge in [-0.25, -0.2) is 9.37 Å². The van der Waals surface area contributed by atoms with Crippen LogP contribution < -0.4 is 5.32 Å². The van der Waals surface area contributed by atoms with E-state index in [0.29, 0.717) is 5.76 Å². The number of oxazole rings is 1. The maximum atomic E-state index is 13.4. The summed E-state index contributed by atoms with van der Waals surface area (Å²) in [6, 6.07) is 5.86. The summed E-state index contributed by atoms with van der Waals surface area (Å²) >= 11 is 0. The quantitative estimate of drug-likeness (QED) is 0.879. The van der Waals surface area contributed by atoms with Gasteiger partial charge in [-0.3, -0.25) is 4.79 Å². The molecule has 0 radical (unpaired) electrons. The SMILES string of the molecule is Cc1ocnc1C(=O)NCC(O)c1ccccc1F. The minimum atomic E-state index is -1.11. The lowest BCUT2D eigenvalue weighted by atomic mass is 10.1. The van der Waals surface area contributed by atoms with Crippen molar-refractivity contribution in [1.29, 1.82) is 0 Å². The molecule has 0 aliphatic rings. The minimum absolute atomic E-state index is 0.105. The third-order valence-corrected chi connectivity index (χ3v) is 2.68. The summed E-state index contributed by atoms with van der Waals surface area (Å²) in [4.78, 5) is 15.5. The molecule has 0 saturated carbocycles. The van der Waals surface area contributed by atoms with Crippen molar-refractivity contribution in [3.8, 4) is 0 Å². The molecule has 19 heavy (non-hydrogen) atoms. The van der Waals surface area contributed by atoms with Gasteiger partial charge in [0.1, 0.15) is 11.6 Å². The summed E-state index contributed by atoms with van der Waals surface area (Å²) in [5.74, 6) is -0.596. The van der Waals surface area contributed by atoms with E-state index in [9.17, 15) is 14.3 Å². The lowest BCUT2D eigenvalue weighted by molar-refractivity contribution is 0.0908. The molecule has 0 saturated heterocycles. The minimum Gasteiger partial charge on any atom is -0.448 e. The molecule has 0 aliphatic carbocycles. The molecular formula is C13H13FN2O3. The molecular weight excluding hydrogens is 251 g/mol. The maximum Gasteiger partial charge on any atom is 0.273 e. The summed E-state index contributed by atoms with van der Waals surface area (Å²) in [6.45, 7) is 1.50. The monoisotopic (exact) mass is 264 g/mol. The van der Waals surface area contributed by atoms with Gasteiger partial charge in [-0.05, 0) is 13.0 Å². The van der Waals surface area contributed by atoms with E-state index in [0.717, 1.165) is 6.39 Å². The second-order valence-electron chi connectivity index (χ2n) is 4.00. The van der Waals surface area contributed by atoms with E-state index in [1.54, 1.807) is 13.0 Å². The highest BCUT2D eigenvalue weighted by atomic mass is 19.1. The van der Waals surface area contributed by atoms with Crippen LogP contribution in [0.15, 0.2) is 35.1 Å². The van der Waals surface area contributed by atoms with Crippen molar-refractivity contribution >= 4 is 5.91 Å². The fraction of sp³-hybridized carbons (Fsp3) is 0.231. The zero-order chi connectivity index (χ0) is 13.8. The highest BCUT2D eigenvalue weighted by Crippen LogP contribution is 2.15. The van der Waals surface area contributed by atoms with Crippen LogP contribution in [0.5, 0.6) is 0 Å². The van der Waals surface area contributed by atoms with Crippen LogP contribution in [-0.2, 0) is 0 Å². The second-order valence-corrected chi connectivity index (χ2v) is 4.00. The summed E-state index contributed by atoms with van der Waals surface area (Å²) in [5, 5.41) is 12.3. The summed E-state index contributed by atoms with van der Waals surface area (Å²) in [7, 11) is 0. The van der Waals surface area contributed by atoms with E-state index in [1.165, 1.54) is 18.2 Å². The van der Waals surface area contributed by atoms with Crippen LogP contribution in [0.3, 0.4) is 0 Å². The fourth-order valence-electron chi connectivity index (χ4n) is 1.65. The second kappa shape index (κ2) is 5.62. The van der Waals surface area contributed by atoms with Gasteiger partial charge in [0.25, 0.3) is 5.91 Å². The van der Waals surface area contributed by atoms with Crippen molar-refractivity contribution < 1.29 is 18.7 Å². The van der Waals surface area contributed by atoms with Crippen molar-refractivity contribution in [2.75, 3.05) is 6.54 Å². The number of rotatable bonds is 4. The summed E-state index contributed by atoms with van der Waals surface area (Å²) < 4.78 is 18.3. The molecule has 2 aromatic rings. The zero-order valence-electron chi connectivity index (χ0n) is 10.3. The molecule has 100 valence electrons. The maximum absolute atomic E-state index is 13.4. The Morgan fingerprint density at radius 1 is 1.53 bits per heavy atom. The van der Waals surface area contributed by atoms with Gasteiger partial charge in [-0.2, -0.15) is 0 Å². The van der Waals surface area contributed by atoms with Crippen LogP contribution in [0, 0.1) is 12.7 Å². The lowest BCUT2D eigenvalue weighted by Crippen LogP contribution is -2.29. The van der Waals surface area contributed by atoms with Crippen molar-refractivity contribution in [2.45, 2.75) is 13.0 Å². The predicted molar refractivity (Wildman–Crippen MR) is 64.9 cm³/mol. The number of aromatic nitrogens is 1. The van der Waals surface area contributed by atoms with Gasteiger partial charge in [0.2, 0.25) is 0 Å². The van der Waals surface area contributed by atoms with Crippen molar-refractivity contribution in [2.24, 2.45) is 0 Å². The number of hydrogen-bond donors (Lipinski definition) is 2. The standard InChI is InChI=1S/C13H13FN2O3/c1-8-12(16-7-19-8)13(18)15-6-11(17)9-4-2-3-5-10(9)14/h2-5,7,11,17H,6H2,1H3,(H,15,18). The number of benzene rings is 1. The highest BCUT2D eigenvalue weighted by molar-refractivity contribution is 5.93. The first kappa shape index (κ1) is 13.2. The van der Waals surface area contributed by atoms with E-state index < -0.39 is 17.8 Å². The van der Waals surface area contributed by atoms with E-state index in [1.807, 2.05) is 0 Å². The van der Waals surface area contributed by atoms with Gasteiger partial charge < -0.3 is 14.8 Å². The smallest absolute Gasteiger partial charge is 0.273 e. The molecule has 0 spiro atoms. The first-order valence-electron chi connectivity index (χ1n) is 5.70. The van der Waals surface area contributed by atoms with Crippen LogP contribution >= 0.6 is 0 Å². The first-order valence-corrected chi connectivity index (χ1v) is 5.70. The van der Waals surface area contributed by atoms with Crippen LogP contribution in [0.2, 0.25) is 0 Å². The van der Waals surface area contributed by atoms with Gasteiger partial charge in [0, 0.05) is 12.1 Å². The average molecular weight is 264 g/mol. The van der Waals surface area contributed by atoms with Crippen molar-refractivity contribution in [3.63, 3.8) is 0 Å². The van der Waals surface area contributed by atoms with Crippen molar-refractivity contribution in [3.05, 3.63) is 53.5 Å². The number of carbonyl (C=O) groups is 1. The van der Waals surface area contributed by atoms with Crippen LogP contribution in [0.4, 0.5) is 4.39 Å². The highest BCUT2D eigenvalue weighted by Gasteiger charge is 2.17. The Hall–Kier alpha value is -2.21. The molecule has 1 aromatic heterocycles. The predicted octanol–water partition coefficient (Wildman–Crippen LogP) is 1.59. The number of nitrogens with zero attached hydrogens (tertiary/aromatic N) is 1. The number of carbonyl (C=O) groups excluding carboxylic acids is 1. The third-order valence-electron chi connectivity index (χ3n) is 2.68. The Labute approximate surface area is 109 Å². The Kier molecular flexibility index (Phi) is 3.91. The first-order chi connectivity index (χ1) is 9.09. The normalized spacial score (nSPS) is 12.2. The van der Waals surface area contributed by atoms with Gasteiger partial charge in [0.15, 0.2) is 12.1 Å². The largest absolute Gasteiger partial charge is 0.448 e. The van der Waals surface area contributed by atoms with Gasteiger partial charge >= 0.3 is 0 Å². The molecule has 5 nitrogen and oxygen atoms in total. The van der Waals surface area contributed by atoms with Crippen LogP contribution in [0.1, 0.15) is 27.9 Å². The Balaban J connectivity index is 1.98. The molecule has 0 aliphatic heterocycles. The summed E-state index contributed by atoms with van der Waals surface area (Å²) in [6.07, 6.45) is 0.0507. The molecule has 2 N–H and O–H groups in total. The van der Waals surface area contributed by atoms with Crippen LogP contribution in [-0.4, -0.2) is 22.5 Å². The van der Waals surface area contributed by atoms with Gasteiger partial charge in [-0.1, -0.05) is 18.2 Å². The molecule has 0 bridgehead atoms. The number of aryl methyl sites for hydroxylation is 1. The van der Waals surface area contributed by atoms with E-state index in [2.05, 4.69) is 10.3 Å². The number of hydrogen-bond acceptors (Lipinski definition) is 4. The van der Waals surface area contributed by atoms with Crippen molar-refractivity contribution in [1.82, 2.24) is 10.3 Å². The molecule has 1 heterocycles. The Morgan fingerprint density at radius 2 is 2.26 bits per heavy atom. The summed E-state index contributed by atoms with van der Waals surface area (Å²) in [5.41, 5.74) is 0.292. The van der Waals surface area contributed by atoms with E-state index >= 15 is 0 Å². The van der Waals surface area contributed by atoms with Crippen LogP contribution in [0.25, 0.3) is 0 Å². The Morgan fingerprint density at radius 3 is 2.89 bits per heavy atom. The van der Waals surface area contributed by atoms with Gasteiger partial charge in [0.05, 0.1) is 6.10 Å². The number of aliphatic hydroxyl groups is 1. The lowest BCUT2D eigenvalue weighted by Gasteiger charge is -2.12. The third kappa shape index (κ3) is 2.97. The van der Waals surface area contributed by atoms with E-state index in [4.69, 9.17) is 4.42 Å². The average Bonchev–Trinajstić information content (AvgIpc) is 2.82. The fourth-order valence-corrected chi connectivity index (χ4v) is 1.65. The Bertz CT molecular complexity index is 583. The number of nitrogens with one attached hydrogen (secondary N) is 1. The number of amides is 1. The molecule has 2 rings (SSSR count). The number of halogens is 1.